The number of hydrogen-bond donors (Lipinski definition) is 0. The van der Waals surface area contributed by atoms with E-state index in [1.54, 1.807) is 12.1 Å². The van der Waals surface area contributed by atoms with Gasteiger partial charge in [-0.15, -0.1) is 0 Å². The fourth-order valence-electron chi connectivity index (χ4n) is 4.13. The second-order valence-electron chi connectivity index (χ2n) is 9.19. The Morgan fingerprint density at radius 3 is 2.29 bits per heavy atom. The van der Waals surface area contributed by atoms with Gasteiger partial charge in [-0.3, -0.25) is 4.79 Å². The predicted molar refractivity (Wildman–Crippen MR) is 133 cm³/mol. The maximum atomic E-state index is 12.8. The number of hydrogen-bond acceptors (Lipinski definition) is 5. The molecular formula is C28H28N2O4. The van der Waals surface area contributed by atoms with Gasteiger partial charge in [0, 0.05) is 65.5 Å². The van der Waals surface area contributed by atoms with E-state index >= 15 is 0 Å². The van der Waals surface area contributed by atoms with Crippen LogP contribution >= 0.6 is 0 Å². The highest BCUT2D eigenvalue weighted by Crippen LogP contribution is 2.42. The summed E-state index contributed by atoms with van der Waals surface area (Å²) in [5, 5.41) is 13.8. The fourth-order valence-corrected chi connectivity index (χ4v) is 4.13. The van der Waals surface area contributed by atoms with E-state index in [1.165, 1.54) is 6.07 Å². The molecule has 0 radical (unpaired) electrons. The molecule has 174 valence electrons. The normalized spacial score (nSPS) is 11.3. The standard InChI is InChI=1S/C28H28N2O4/c1-16(2)27(31)17-7-10-20(28(32)33)23(13-17)26-21-11-8-18(29(3)4)14-24(21)34-25-15-19(30(5)6)9-12-22(25)26/h7-16H,1-6H3. The van der Waals surface area contributed by atoms with Crippen LogP contribution in [-0.4, -0.2) is 39.9 Å². The van der Waals surface area contributed by atoms with Crippen LogP contribution in [0.5, 0.6) is 0 Å². The number of carboxylic acids is 1. The second kappa shape index (κ2) is 8.78. The molecule has 0 saturated carbocycles. The van der Waals surface area contributed by atoms with Crippen molar-refractivity contribution in [3.05, 3.63) is 71.1 Å². The molecule has 1 aliphatic heterocycles. The van der Waals surface area contributed by atoms with Crippen LogP contribution < -0.4 is 19.9 Å². The minimum absolute atomic E-state index is 0.0301. The van der Waals surface area contributed by atoms with Crippen molar-refractivity contribution in [2.45, 2.75) is 13.8 Å². The number of anilines is 1. The molecule has 34 heavy (non-hydrogen) atoms. The Bertz CT molecular complexity index is 1470. The predicted octanol–water partition coefficient (Wildman–Crippen LogP) is 3.50. The summed E-state index contributed by atoms with van der Waals surface area (Å²) < 4.78 is 8.30. The van der Waals surface area contributed by atoms with E-state index in [4.69, 9.17) is 4.42 Å². The lowest BCUT2D eigenvalue weighted by atomic mass is 9.88. The van der Waals surface area contributed by atoms with Gasteiger partial charge in [0.1, 0.15) is 25.4 Å². The largest absolute Gasteiger partial charge is 0.545 e. The lowest BCUT2D eigenvalue weighted by molar-refractivity contribution is -0.254. The summed E-state index contributed by atoms with van der Waals surface area (Å²) in [5.74, 6) is -0.943. The maximum absolute atomic E-state index is 12.8. The van der Waals surface area contributed by atoms with E-state index in [0.717, 1.165) is 22.0 Å². The maximum Gasteiger partial charge on any atom is 0.203 e. The lowest BCUT2D eigenvalue weighted by Crippen LogP contribution is -2.23. The number of carboxylic acid groups (broad SMARTS) is 1. The number of rotatable bonds is 5. The highest BCUT2D eigenvalue weighted by molar-refractivity contribution is 6.09. The van der Waals surface area contributed by atoms with E-state index in [-0.39, 0.29) is 17.3 Å². The van der Waals surface area contributed by atoms with Gasteiger partial charge < -0.3 is 19.2 Å². The van der Waals surface area contributed by atoms with Crippen LogP contribution in [0.25, 0.3) is 33.4 Å². The molecule has 0 atom stereocenters. The number of benzene rings is 3. The lowest BCUT2D eigenvalue weighted by Gasteiger charge is -2.20. The van der Waals surface area contributed by atoms with Crippen LogP contribution in [-0.2, 0) is 0 Å². The molecule has 1 aliphatic carbocycles. The monoisotopic (exact) mass is 456 g/mol. The fraction of sp³-hybridized carbons (Fsp3) is 0.250. The Morgan fingerprint density at radius 2 is 1.68 bits per heavy atom. The average molecular weight is 457 g/mol. The Labute approximate surface area is 198 Å². The van der Waals surface area contributed by atoms with Gasteiger partial charge in [0.15, 0.2) is 5.78 Å². The molecule has 1 heterocycles. The van der Waals surface area contributed by atoms with Crippen molar-refractivity contribution in [2.75, 3.05) is 33.1 Å². The van der Waals surface area contributed by atoms with Gasteiger partial charge in [0.2, 0.25) is 5.36 Å². The number of carbonyl (C=O) groups is 2. The first-order valence-corrected chi connectivity index (χ1v) is 11.2. The van der Waals surface area contributed by atoms with Crippen molar-refractivity contribution in [2.24, 2.45) is 5.92 Å². The zero-order valence-electron chi connectivity index (χ0n) is 20.3. The topological polar surface area (TPSA) is 76.6 Å². The molecule has 2 aromatic rings. The summed E-state index contributed by atoms with van der Waals surface area (Å²) in [6.45, 7) is 3.65. The minimum Gasteiger partial charge on any atom is -0.545 e. The summed E-state index contributed by atoms with van der Waals surface area (Å²) in [5.41, 5.74) is 3.96. The van der Waals surface area contributed by atoms with E-state index in [2.05, 4.69) is 0 Å². The van der Waals surface area contributed by atoms with E-state index < -0.39 is 5.97 Å². The Morgan fingerprint density at radius 1 is 0.941 bits per heavy atom. The summed E-state index contributed by atoms with van der Waals surface area (Å²) in [7, 11) is 7.79. The van der Waals surface area contributed by atoms with Crippen molar-refractivity contribution in [3.8, 4) is 22.5 Å². The number of aromatic carboxylic acids is 1. The number of fused-ring (bicyclic) bond motifs is 2. The molecule has 0 N–H and O–H groups in total. The molecule has 0 unspecified atom stereocenters. The van der Waals surface area contributed by atoms with Crippen molar-refractivity contribution < 1.29 is 19.1 Å². The number of nitrogens with zero attached hydrogens (tertiary/aromatic N) is 2. The average Bonchev–Trinajstić information content (AvgIpc) is 2.80. The molecular weight excluding hydrogens is 428 g/mol. The summed E-state index contributed by atoms with van der Waals surface area (Å²) in [6.07, 6.45) is 0. The Balaban J connectivity index is 2.18. The highest BCUT2D eigenvalue weighted by atomic mass is 16.4. The van der Waals surface area contributed by atoms with Crippen molar-refractivity contribution in [1.29, 1.82) is 0 Å². The molecule has 4 rings (SSSR count). The van der Waals surface area contributed by atoms with E-state index in [1.807, 2.05) is 87.9 Å². The minimum atomic E-state index is -1.30. The molecule has 6 heteroatoms. The van der Waals surface area contributed by atoms with E-state index in [0.29, 0.717) is 28.0 Å². The van der Waals surface area contributed by atoms with Crippen LogP contribution in [0, 0.1) is 5.92 Å². The first kappa shape index (κ1) is 23.2. The number of ketones is 1. The molecule has 2 aliphatic rings. The zero-order valence-corrected chi connectivity index (χ0v) is 20.3. The second-order valence-corrected chi connectivity index (χ2v) is 9.19. The van der Waals surface area contributed by atoms with Gasteiger partial charge in [0.05, 0.1) is 12.0 Å². The zero-order chi connectivity index (χ0) is 24.7. The van der Waals surface area contributed by atoms with Gasteiger partial charge in [-0.1, -0.05) is 26.0 Å². The third-order valence-corrected chi connectivity index (χ3v) is 6.04. The number of carbonyl (C=O) groups excluding carboxylic acids is 2. The smallest absolute Gasteiger partial charge is 0.203 e. The molecule has 0 bridgehead atoms. The van der Waals surface area contributed by atoms with Gasteiger partial charge in [-0.05, 0) is 29.8 Å². The summed E-state index contributed by atoms with van der Waals surface area (Å²) in [6, 6.07) is 16.3. The van der Waals surface area contributed by atoms with E-state index in [9.17, 15) is 14.7 Å². The molecule has 0 fully saturated rings. The highest BCUT2D eigenvalue weighted by Gasteiger charge is 2.22. The Hall–Kier alpha value is -3.93. The first-order chi connectivity index (χ1) is 16.1. The SMILES string of the molecule is CC(C)C(=O)c1ccc(C(=O)[O-])c(-c2c3ccc(=[N+](C)C)cc-3oc3cc(N(C)C)ccc23)c1. The summed E-state index contributed by atoms with van der Waals surface area (Å²) >= 11 is 0. The van der Waals surface area contributed by atoms with Crippen LogP contribution in [0.2, 0.25) is 0 Å². The number of Topliss-reactive ketones (excluding diaryl/α,β-unsaturated/α-hetero) is 1. The third-order valence-electron chi connectivity index (χ3n) is 6.04. The van der Waals surface area contributed by atoms with Gasteiger partial charge >= 0.3 is 0 Å². The molecule has 2 aromatic carbocycles. The molecule has 0 saturated heterocycles. The van der Waals surface area contributed by atoms with Crippen LogP contribution in [0.1, 0.15) is 34.6 Å². The quantitative estimate of drug-likeness (QED) is 0.261. The first-order valence-electron chi connectivity index (χ1n) is 11.2. The molecule has 6 nitrogen and oxygen atoms in total. The van der Waals surface area contributed by atoms with Gasteiger partial charge in [-0.25, -0.2) is 4.58 Å². The van der Waals surface area contributed by atoms with Gasteiger partial charge in [0.25, 0.3) is 0 Å². The molecule has 0 spiro atoms. The third kappa shape index (κ3) is 4.07. The van der Waals surface area contributed by atoms with Crippen LogP contribution in [0.15, 0.2) is 59.0 Å². The van der Waals surface area contributed by atoms with Crippen LogP contribution in [0.3, 0.4) is 0 Å². The summed E-state index contributed by atoms with van der Waals surface area (Å²) in [4.78, 5) is 26.9. The Kier molecular flexibility index (Phi) is 6.00. The van der Waals surface area contributed by atoms with Crippen molar-refractivity contribution in [3.63, 3.8) is 0 Å². The molecule has 0 amide bonds. The van der Waals surface area contributed by atoms with Crippen LogP contribution in [0.4, 0.5) is 5.69 Å². The van der Waals surface area contributed by atoms with Crippen molar-refractivity contribution >= 4 is 28.4 Å². The molecule has 0 aromatic heterocycles. The van der Waals surface area contributed by atoms with Crippen molar-refractivity contribution in [1.82, 2.24) is 4.58 Å². The van der Waals surface area contributed by atoms with Gasteiger partial charge in [-0.2, -0.15) is 0 Å².